The molecule has 1 unspecified atom stereocenters. The topological polar surface area (TPSA) is 44.5 Å². The van der Waals surface area contributed by atoms with Gasteiger partial charge in [0.05, 0.1) is 13.7 Å². The maximum atomic E-state index is 5.18. The minimum absolute atomic E-state index is 0.310. The molecule has 0 aliphatic heterocycles. The average molecular weight is 195 g/mol. The van der Waals surface area contributed by atoms with Crippen LogP contribution in [0, 0.1) is 6.92 Å². The Kier molecular flexibility index (Phi) is 3.92. The summed E-state index contributed by atoms with van der Waals surface area (Å²) in [5, 5.41) is 0. The van der Waals surface area contributed by atoms with Gasteiger partial charge >= 0.3 is 0 Å². The summed E-state index contributed by atoms with van der Waals surface area (Å²) in [7, 11) is 1.68. The first kappa shape index (κ1) is 11.0. The Morgan fingerprint density at radius 2 is 2.14 bits per heavy atom. The minimum atomic E-state index is 0.310. The van der Waals surface area contributed by atoms with Crippen molar-refractivity contribution < 1.29 is 9.57 Å². The molecule has 0 aliphatic carbocycles. The van der Waals surface area contributed by atoms with Crippen LogP contribution >= 0.6 is 0 Å². The van der Waals surface area contributed by atoms with E-state index >= 15 is 0 Å². The quantitative estimate of drug-likeness (QED) is 0.747. The van der Waals surface area contributed by atoms with Gasteiger partial charge in [-0.25, -0.2) is 5.90 Å². The summed E-state index contributed by atoms with van der Waals surface area (Å²) in [4.78, 5) is 4.62. The van der Waals surface area contributed by atoms with Gasteiger partial charge in [-0.3, -0.25) is 0 Å². The third-order valence-electron chi connectivity index (χ3n) is 2.33. The van der Waals surface area contributed by atoms with Crippen molar-refractivity contribution in [3.63, 3.8) is 0 Å². The fraction of sp³-hybridized carbons (Fsp3) is 0.455. The number of nitrogens with two attached hydrogens (primary N) is 1. The van der Waals surface area contributed by atoms with E-state index in [1.54, 1.807) is 7.11 Å². The number of benzene rings is 1. The largest absolute Gasteiger partial charge is 0.496 e. The van der Waals surface area contributed by atoms with E-state index in [9.17, 15) is 0 Å². The molecule has 1 aromatic rings. The Bertz CT molecular complexity index is 299. The van der Waals surface area contributed by atoms with Gasteiger partial charge in [0.25, 0.3) is 0 Å². The molecule has 0 bridgehead atoms. The highest BCUT2D eigenvalue weighted by Crippen LogP contribution is 2.23. The molecule has 1 atom stereocenters. The van der Waals surface area contributed by atoms with Crippen LogP contribution in [0.15, 0.2) is 18.2 Å². The van der Waals surface area contributed by atoms with Crippen molar-refractivity contribution in [1.82, 2.24) is 0 Å². The van der Waals surface area contributed by atoms with E-state index in [-0.39, 0.29) is 0 Å². The summed E-state index contributed by atoms with van der Waals surface area (Å²) < 4.78 is 5.18. The lowest BCUT2D eigenvalue weighted by molar-refractivity contribution is 0.126. The second-order valence-corrected chi connectivity index (χ2v) is 3.46. The van der Waals surface area contributed by atoms with Crippen molar-refractivity contribution in [2.75, 3.05) is 13.7 Å². The zero-order valence-electron chi connectivity index (χ0n) is 8.91. The predicted molar refractivity (Wildman–Crippen MR) is 56.3 cm³/mol. The van der Waals surface area contributed by atoms with Gasteiger partial charge in [0.1, 0.15) is 5.75 Å². The highest BCUT2D eigenvalue weighted by atomic mass is 16.6. The molecule has 1 rings (SSSR count). The van der Waals surface area contributed by atoms with Crippen LogP contribution in [0.25, 0.3) is 0 Å². The Morgan fingerprint density at radius 1 is 1.43 bits per heavy atom. The monoisotopic (exact) mass is 195 g/mol. The first-order chi connectivity index (χ1) is 6.69. The van der Waals surface area contributed by atoms with E-state index in [4.69, 9.17) is 10.6 Å². The number of hydrogen-bond donors (Lipinski definition) is 1. The van der Waals surface area contributed by atoms with Gasteiger partial charge in [0.15, 0.2) is 0 Å². The minimum Gasteiger partial charge on any atom is -0.496 e. The van der Waals surface area contributed by atoms with Gasteiger partial charge in [0.2, 0.25) is 0 Å². The average Bonchev–Trinajstić information content (AvgIpc) is 2.18. The third kappa shape index (κ3) is 2.47. The standard InChI is InChI=1S/C11H17NO2/c1-8-6-10(9(2)7-14-12)4-5-11(8)13-3/h4-6,9H,7,12H2,1-3H3. The van der Waals surface area contributed by atoms with Crippen molar-refractivity contribution in [1.29, 1.82) is 0 Å². The Hall–Kier alpha value is -1.06. The second-order valence-electron chi connectivity index (χ2n) is 3.46. The molecule has 0 radical (unpaired) electrons. The van der Waals surface area contributed by atoms with Crippen molar-refractivity contribution >= 4 is 0 Å². The molecule has 0 aliphatic rings. The number of aryl methyl sites for hydroxylation is 1. The molecule has 2 N–H and O–H groups in total. The van der Waals surface area contributed by atoms with Crippen LogP contribution in [0.5, 0.6) is 5.75 Å². The zero-order valence-corrected chi connectivity index (χ0v) is 8.91. The fourth-order valence-electron chi connectivity index (χ4n) is 1.45. The molecule has 0 spiro atoms. The van der Waals surface area contributed by atoms with Gasteiger partial charge in [-0.1, -0.05) is 19.1 Å². The lowest BCUT2D eigenvalue weighted by Crippen LogP contribution is -2.08. The van der Waals surface area contributed by atoms with Crippen LogP contribution in [-0.2, 0) is 4.84 Å². The van der Waals surface area contributed by atoms with E-state index < -0.39 is 0 Å². The lowest BCUT2D eigenvalue weighted by atomic mass is 10.00. The maximum Gasteiger partial charge on any atom is 0.121 e. The maximum absolute atomic E-state index is 5.18. The number of hydrogen-bond acceptors (Lipinski definition) is 3. The summed E-state index contributed by atoms with van der Waals surface area (Å²) >= 11 is 0. The van der Waals surface area contributed by atoms with Crippen LogP contribution in [-0.4, -0.2) is 13.7 Å². The first-order valence-corrected chi connectivity index (χ1v) is 4.65. The Balaban J connectivity index is 2.85. The highest BCUT2D eigenvalue weighted by Gasteiger charge is 2.07. The summed E-state index contributed by atoms with van der Waals surface area (Å²) in [6.07, 6.45) is 0. The van der Waals surface area contributed by atoms with Crippen LogP contribution in [0.4, 0.5) is 0 Å². The van der Waals surface area contributed by atoms with Crippen LogP contribution in [0.3, 0.4) is 0 Å². The van der Waals surface area contributed by atoms with Gasteiger partial charge in [-0.2, -0.15) is 0 Å². The fourth-order valence-corrected chi connectivity index (χ4v) is 1.45. The number of rotatable bonds is 4. The Labute approximate surface area is 84.8 Å². The molecule has 0 aromatic heterocycles. The first-order valence-electron chi connectivity index (χ1n) is 4.65. The molecular formula is C11H17NO2. The number of ether oxygens (including phenoxy) is 1. The SMILES string of the molecule is COc1ccc(C(C)CON)cc1C. The summed E-state index contributed by atoms with van der Waals surface area (Å²) in [5.41, 5.74) is 2.35. The molecule has 1 aromatic carbocycles. The van der Waals surface area contributed by atoms with Crippen molar-refractivity contribution in [3.05, 3.63) is 29.3 Å². The van der Waals surface area contributed by atoms with Crippen molar-refractivity contribution in [2.45, 2.75) is 19.8 Å². The van der Waals surface area contributed by atoms with Crippen LogP contribution < -0.4 is 10.6 Å². The third-order valence-corrected chi connectivity index (χ3v) is 2.33. The van der Waals surface area contributed by atoms with Crippen LogP contribution in [0.1, 0.15) is 24.0 Å². The molecule has 0 heterocycles. The summed E-state index contributed by atoms with van der Waals surface area (Å²) in [6.45, 7) is 4.64. The van der Waals surface area contributed by atoms with Crippen molar-refractivity contribution in [3.8, 4) is 5.75 Å². The molecule has 14 heavy (non-hydrogen) atoms. The predicted octanol–water partition coefficient (Wildman–Crippen LogP) is 2.00. The van der Waals surface area contributed by atoms with E-state index in [1.807, 2.05) is 19.1 Å². The molecule has 3 heteroatoms. The van der Waals surface area contributed by atoms with E-state index in [0.717, 1.165) is 11.3 Å². The van der Waals surface area contributed by atoms with E-state index in [1.165, 1.54) is 5.56 Å². The molecule has 78 valence electrons. The molecule has 0 saturated heterocycles. The van der Waals surface area contributed by atoms with Gasteiger partial charge in [0, 0.05) is 5.92 Å². The summed E-state index contributed by atoms with van der Waals surface area (Å²) in [6, 6.07) is 6.11. The molecule has 0 saturated carbocycles. The molecule has 0 amide bonds. The van der Waals surface area contributed by atoms with E-state index in [2.05, 4.69) is 17.8 Å². The normalized spacial score (nSPS) is 12.6. The van der Waals surface area contributed by atoms with Gasteiger partial charge in [-0.15, -0.1) is 0 Å². The van der Waals surface area contributed by atoms with Crippen molar-refractivity contribution in [2.24, 2.45) is 5.90 Å². The Morgan fingerprint density at radius 3 is 2.64 bits per heavy atom. The second kappa shape index (κ2) is 4.98. The van der Waals surface area contributed by atoms with Crippen LogP contribution in [0.2, 0.25) is 0 Å². The molecule has 3 nitrogen and oxygen atoms in total. The zero-order chi connectivity index (χ0) is 10.6. The van der Waals surface area contributed by atoms with Gasteiger partial charge in [-0.05, 0) is 24.1 Å². The smallest absolute Gasteiger partial charge is 0.121 e. The molecular weight excluding hydrogens is 178 g/mol. The van der Waals surface area contributed by atoms with Gasteiger partial charge < -0.3 is 9.57 Å². The highest BCUT2D eigenvalue weighted by molar-refractivity contribution is 5.37. The van der Waals surface area contributed by atoms with E-state index in [0.29, 0.717) is 12.5 Å². The molecule has 0 fully saturated rings. The summed E-state index contributed by atoms with van der Waals surface area (Å²) in [5.74, 6) is 6.26. The number of methoxy groups -OCH3 is 1. The lowest BCUT2D eigenvalue weighted by Gasteiger charge is -2.12.